The molecule has 0 unspecified atom stereocenters. The number of fused-ring (bicyclic) bond motifs is 5. The molecular weight excluding hydrogens is 296 g/mol. The molecule has 2 N–H and O–H groups in total. The Labute approximate surface area is 132 Å². The van der Waals surface area contributed by atoms with Crippen LogP contribution in [0.4, 0.5) is 10.5 Å². The zero-order valence-corrected chi connectivity index (χ0v) is 12.3. The van der Waals surface area contributed by atoms with E-state index in [0.29, 0.717) is 5.69 Å². The molecule has 0 radical (unpaired) electrons. The molecule has 118 valence electrons. The molecular formula is C16H16N4O3. The normalized spacial score (nSPS) is 30.7. The molecule has 0 spiro atoms. The van der Waals surface area contributed by atoms with E-state index in [-0.39, 0.29) is 42.2 Å². The predicted octanol–water partition coefficient (Wildman–Crippen LogP) is 0.968. The summed E-state index contributed by atoms with van der Waals surface area (Å²) in [5.74, 6) is -0.454. The molecule has 1 aromatic rings. The Morgan fingerprint density at radius 1 is 1.22 bits per heavy atom. The van der Waals surface area contributed by atoms with Crippen molar-refractivity contribution in [2.45, 2.75) is 6.42 Å². The number of rotatable bonds is 3. The fourth-order valence-electron chi connectivity index (χ4n) is 3.88. The van der Waals surface area contributed by atoms with E-state index < -0.39 is 6.03 Å². The van der Waals surface area contributed by atoms with Gasteiger partial charge in [0.05, 0.1) is 23.7 Å². The molecule has 0 aromatic carbocycles. The summed E-state index contributed by atoms with van der Waals surface area (Å²) in [5, 5.41) is 5.16. The van der Waals surface area contributed by atoms with Gasteiger partial charge >= 0.3 is 6.03 Å². The standard InChI is InChI=1S/C16H16N4O3/c21-14-12-9-3-4-10(6-9)13(12)15(22)20(14)8-18-16(23)19-11-2-1-5-17-7-11/h1-5,7,9-10,12-13H,6,8H2,(H2,18,19,23)/t9-,10-,12-,13+/m0/s1. The van der Waals surface area contributed by atoms with Crippen LogP contribution in [0.5, 0.6) is 0 Å². The van der Waals surface area contributed by atoms with Gasteiger partial charge in [-0.15, -0.1) is 0 Å². The Bertz CT molecular complexity index is 673. The highest BCUT2D eigenvalue weighted by atomic mass is 16.2. The predicted molar refractivity (Wildman–Crippen MR) is 80.8 cm³/mol. The molecule has 23 heavy (non-hydrogen) atoms. The number of allylic oxidation sites excluding steroid dienone is 2. The van der Waals surface area contributed by atoms with Crippen LogP contribution in [0.2, 0.25) is 0 Å². The Balaban J connectivity index is 1.38. The summed E-state index contributed by atoms with van der Waals surface area (Å²) in [7, 11) is 0. The van der Waals surface area contributed by atoms with Crippen molar-refractivity contribution < 1.29 is 14.4 Å². The van der Waals surface area contributed by atoms with Crippen LogP contribution in [0.15, 0.2) is 36.7 Å². The van der Waals surface area contributed by atoms with Gasteiger partial charge in [-0.05, 0) is 30.4 Å². The van der Waals surface area contributed by atoms with Gasteiger partial charge in [-0.1, -0.05) is 12.2 Å². The van der Waals surface area contributed by atoms with Gasteiger partial charge in [0.1, 0.15) is 6.67 Å². The number of aromatic nitrogens is 1. The molecule has 2 bridgehead atoms. The first kappa shape index (κ1) is 13.9. The lowest BCUT2D eigenvalue weighted by molar-refractivity contribution is -0.140. The van der Waals surface area contributed by atoms with E-state index in [1.54, 1.807) is 18.3 Å². The van der Waals surface area contributed by atoms with Gasteiger partial charge < -0.3 is 10.6 Å². The van der Waals surface area contributed by atoms with Crippen molar-refractivity contribution in [2.24, 2.45) is 23.7 Å². The third-order valence-electron chi connectivity index (χ3n) is 4.88. The fraction of sp³-hybridized carbons (Fsp3) is 0.375. The van der Waals surface area contributed by atoms with Gasteiger partial charge in [0, 0.05) is 6.20 Å². The van der Waals surface area contributed by atoms with Gasteiger partial charge in [0.2, 0.25) is 11.8 Å². The van der Waals surface area contributed by atoms with Crippen LogP contribution in [-0.4, -0.2) is 34.4 Å². The zero-order chi connectivity index (χ0) is 16.0. The van der Waals surface area contributed by atoms with Gasteiger partial charge in [-0.2, -0.15) is 0 Å². The highest BCUT2D eigenvalue weighted by molar-refractivity contribution is 6.06. The molecule has 7 heteroatoms. The lowest BCUT2D eigenvalue weighted by Gasteiger charge is -2.17. The minimum atomic E-state index is -0.475. The van der Waals surface area contributed by atoms with Crippen molar-refractivity contribution in [1.29, 1.82) is 0 Å². The van der Waals surface area contributed by atoms with E-state index >= 15 is 0 Å². The van der Waals surface area contributed by atoms with Crippen LogP contribution in [0.25, 0.3) is 0 Å². The molecule has 4 amide bonds. The number of carbonyl (C=O) groups excluding carboxylic acids is 3. The molecule has 1 aliphatic heterocycles. The van der Waals surface area contributed by atoms with E-state index in [2.05, 4.69) is 15.6 Å². The summed E-state index contributed by atoms with van der Waals surface area (Å²) in [6.45, 7) is -0.101. The summed E-state index contributed by atoms with van der Waals surface area (Å²) in [4.78, 5) is 41.8. The maximum Gasteiger partial charge on any atom is 0.320 e. The van der Waals surface area contributed by atoms with E-state index in [1.165, 1.54) is 11.1 Å². The van der Waals surface area contributed by atoms with Crippen molar-refractivity contribution in [3.8, 4) is 0 Å². The van der Waals surface area contributed by atoms with E-state index in [0.717, 1.165) is 6.42 Å². The van der Waals surface area contributed by atoms with Crippen molar-refractivity contribution in [1.82, 2.24) is 15.2 Å². The van der Waals surface area contributed by atoms with Crippen LogP contribution >= 0.6 is 0 Å². The van der Waals surface area contributed by atoms with E-state index in [9.17, 15) is 14.4 Å². The van der Waals surface area contributed by atoms with Crippen LogP contribution < -0.4 is 10.6 Å². The third-order valence-corrected chi connectivity index (χ3v) is 4.88. The average molecular weight is 312 g/mol. The number of carbonyl (C=O) groups is 3. The molecule has 2 heterocycles. The Morgan fingerprint density at radius 3 is 2.52 bits per heavy atom. The quantitative estimate of drug-likeness (QED) is 0.642. The maximum absolute atomic E-state index is 12.4. The first-order chi connectivity index (χ1) is 11.1. The van der Waals surface area contributed by atoms with Gasteiger partial charge in [-0.3, -0.25) is 19.5 Å². The maximum atomic E-state index is 12.4. The Morgan fingerprint density at radius 2 is 1.91 bits per heavy atom. The molecule has 1 saturated carbocycles. The number of anilines is 1. The van der Waals surface area contributed by atoms with Gasteiger partial charge in [-0.25, -0.2) is 4.79 Å². The fourth-order valence-corrected chi connectivity index (χ4v) is 3.88. The number of hydrogen-bond acceptors (Lipinski definition) is 4. The number of hydrogen-bond donors (Lipinski definition) is 2. The van der Waals surface area contributed by atoms with Crippen molar-refractivity contribution >= 4 is 23.5 Å². The Hall–Kier alpha value is -2.70. The SMILES string of the molecule is O=C(NCN1C(=O)[C@@H]2[C@H](C1=O)[C@H]1C=C[C@H]2C1)Nc1cccnc1. The summed E-state index contributed by atoms with van der Waals surface area (Å²) < 4.78 is 0. The van der Waals surface area contributed by atoms with Crippen LogP contribution in [-0.2, 0) is 9.59 Å². The minimum Gasteiger partial charge on any atom is -0.320 e. The molecule has 1 saturated heterocycles. The molecule has 2 fully saturated rings. The monoisotopic (exact) mass is 312 g/mol. The number of pyridine rings is 1. The highest BCUT2D eigenvalue weighted by Gasteiger charge is 2.59. The second-order valence-electron chi connectivity index (χ2n) is 6.14. The van der Waals surface area contributed by atoms with Crippen molar-refractivity contribution in [3.63, 3.8) is 0 Å². The minimum absolute atomic E-state index is 0.101. The number of nitrogens with one attached hydrogen (secondary N) is 2. The summed E-state index contributed by atoms with van der Waals surface area (Å²) in [5.41, 5.74) is 0.545. The van der Waals surface area contributed by atoms with Crippen LogP contribution in [0.3, 0.4) is 0 Å². The van der Waals surface area contributed by atoms with Crippen LogP contribution in [0, 0.1) is 23.7 Å². The van der Waals surface area contributed by atoms with Crippen molar-refractivity contribution in [3.05, 3.63) is 36.7 Å². The summed E-state index contributed by atoms with van der Waals surface area (Å²) in [6, 6.07) is 2.93. The van der Waals surface area contributed by atoms with Crippen LogP contribution in [0.1, 0.15) is 6.42 Å². The zero-order valence-electron chi connectivity index (χ0n) is 12.3. The van der Waals surface area contributed by atoms with Crippen molar-refractivity contribution in [2.75, 3.05) is 12.0 Å². The third kappa shape index (κ3) is 2.19. The lowest BCUT2D eigenvalue weighted by atomic mass is 9.85. The first-order valence-electron chi connectivity index (χ1n) is 7.63. The largest absolute Gasteiger partial charge is 0.320 e. The summed E-state index contributed by atoms with van der Waals surface area (Å²) >= 11 is 0. The lowest BCUT2D eigenvalue weighted by Crippen LogP contribution is -2.43. The molecule has 2 aliphatic carbocycles. The summed E-state index contributed by atoms with van der Waals surface area (Å²) in [6.07, 6.45) is 8.10. The number of nitrogens with zero attached hydrogens (tertiary/aromatic N) is 2. The van der Waals surface area contributed by atoms with Gasteiger partial charge in [0.15, 0.2) is 0 Å². The molecule has 1 aromatic heterocycles. The number of likely N-dealkylation sites (tertiary alicyclic amines) is 1. The number of amides is 4. The molecule has 4 atom stereocenters. The van der Waals surface area contributed by atoms with E-state index in [4.69, 9.17) is 0 Å². The smallest absolute Gasteiger partial charge is 0.320 e. The van der Waals surface area contributed by atoms with Gasteiger partial charge in [0.25, 0.3) is 0 Å². The number of urea groups is 1. The number of imide groups is 1. The molecule has 4 rings (SSSR count). The second kappa shape index (κ2) is 5.19. The second-order valence-corrected chi connectivity index (χ2v) is 6.14. The Kier molecular flexibility index (Phi) is 3.14. The average Bonchev–Trinajstić information content (AvgIpc) is 3.22. The molecule has 3 aliphatic rings. The highest BCUT2D eigenvalue weighted by Crippen LogP contribution is 2.52. The first-order valence-corrected chi connectivity index (χ1v) is 7.63. The topological polar surface area (TPSA) is 91.4 Å². The molecule has 7 nitrogen and oxygen atoms in total. The van der Waals surface area contributed by atoms with E-state index in [1.807, 2.05) is 12.2 Å².